The lowest BCUT2D eigenvalue weighted by Gasteiger charge is -2.37. The first-order valence-corrected chi connectivity index (χ1v) is 9.73. The maximum atomic E-state index is 10.1. The first-order chi connectivity index (χ1) is 12.7. The van der Waals surface area contributed by atoms with Gasteiger partial charge < -0.3 is 19.5 Å². The van der Waals surface area contributed by atoms with Gasteiger partial charge in [-0.1, -0.05) is 12.2 Å². The number of piperazine rings is 1. The summed E-state index contributed by atoms with van der Waals surface area (Å²) in [6.45, 7) is 6.58. The lowest BCUT2D eigenvalue weighted by molar-refractivity contribution is 0.108. The van der Waals surface area contributed by atoms with Crippen molar-refractivity contribution in [1.82, 2.24) is 9.80 Å². The summed E-state index contributed by atoms with van der Waals surface area (Å²) in [6.07, 6.45) is 7.68. The molecule has 1 aromatic rings. The van der Waals surface area contributed by atoms with E-state index >= 15 is 0 Å². The number of aromatic hydroxyl groups is 1. The van der Waals surface area contributed by atoms with E-state index in [2.05, 4.69) is 22.0 Å². The number of phenols is 1. The standard InChI is InChI=1S/C21H30N2O3/c1-25-19-11-16(12-20(26-2)21(19)24)13-22-5-7-23(8-6-22)14-18-10-15-3-4-17(18)9-15/h3-4,11-12,15,17-18,24H,5-10,13-14H2,1-2H3. The molecule has 1 saturated carbocycles. The number of hydrogen-bond donors (Lipinski definition) is 1. The molecule has 1 N–H and O–H groups in total. The van der Waals surface area contributed by atoms with Crippen molar-refractivity contribution in [2.45, 2.75) is 19.4 Å². The SMILES string of the molecule is COc1cc(CN2CCN(CC3CC4C=CC3C4)CC2)cc(OC)c1O. The minimum absolute atomic E-state index is 0.0727. The third-order valence-corrected chi connectivity index (χ3v) is 6.32. The summed E-state index contributed by atoms with van der Waals surface area (Å²) in [5.41, 5.74) is 1.11. The molecule has 1 saturated heterocycles. The van der Waals surface area contributed by atoms with Gasteiger partial charge in [0.1, 0.15) is 0 Å². The van der Waals surface area contributed by atoms with Gasteiger partial charge in [0.05, 0.1) is 14.2 Å². The largest absolute Gasteiger partial charge is 0.502 e. The molecule has 26 heavy (non-hydrogen) atoms. The van der Waals surface area contributed by atoms with E-state index in [1.165, 1.54) is 19.4 Å². The number of hydrogen-bond acceptors (Lipinski definition) is 5. The highest BCUT2D eigenvalue weighted by molar-refractivity contribution is 5.52. The van der Waals surface area contributed by atoms with Crippen LogP contribution in [-0.4, -0.2) is 61.8 Å². The Hall–Kier alpha value is -1.72. The zero-order chi connectivity index (χ0) is 18.1. The van der Waals surface area contributed by atoms with Crippen LogP contribution < -0.4 is 9.47 Å². The van der Waals surface area contributed by atoms with Crippen LogP contribution in [0.2, 0.25) is 0 Å². The normalized spacial score (nSPS) is 28.6. The smallest absolute Gasteiger partial charge is 0.200 e. The van der Waals surface area contributed by atoms with E-state index in [4.69, 9.17) is 9.47 Å². The Labute approximate surface area is 156 Å². The molecular weight excluding hydrogens is 328 g/mol. The fourth-order valence-corrected chi connectivity index (χ4v) is 4.86. The van der Waals surface area contributed by atoms with E-state index in [0.29, 0.717) is 11.5 Å². The van der Waals surface area contributed by atoms with Crippen molar-refractivity contribution in [3.8, 4) is 17.2 Å². The van der Waals surface area contributed by atoms with Crippen molar-refractivity contribution >= 4 is 0 Å². The van der Waals surface area contributed by atoms with Gasteiger partial charge in [0.2, 0.25) is 5.75 Å². The monoisotopic (exact) mass is 358 g/mol. The second-order valence-electron chi connectivity index (χ2n) is 7.97. The molecule has 3 aliphatic rings. The highest BCUT2D eigenvalue weighted by Crippen LogP contribution is 2.43. The lowest BCUT2D eigenvalue weighted by atomic mass is 9.93. The van der Waals surface area contributed by atoms with Crippen LogP contribution in [-0.2, 0) is 6.54 Å². The molecule has 1 heterocycles. The molecular formula is C21H30N2O3. The zero-order valence-electron chi connectivity index (χ0n) is 15.9. The van der Waals surface area contributed by atoms with Crippen LogP contribution in [0.3, 0.4) is 0 Å². The van der Waals surface area contributed by atoms with Crippen LogP contribution in [0.5, 0.6) is 17.2 Å². The summed E-state index contributed by atoms with van der Waals surface area (Å²) in [6, 6.07) is 3.82. The Kier molecular flexibility index (Phi) is 5.09. The van der Waals surface area contributed by atoms with Gasteiger partial charge in [-0.05, 0) is 48.3 Å². The second kappa shape index (κ2) is 7.49. The van der Waals surface area contributed by atoms with Crippen LogP contribution in [0.1, 0.15) is 18.4 Å². The molecule has 5 nitrogen and oxygen atoms in total. The van der Waals surface area contributed by atoms with Crippen LogP contribution in [0, 0.1) is 17.8 Å². The van der Waals surface area contributed by atoms with E-state index in [1.807, 2.05) is 12.1 Å². The Morgan fingerprint density at radius 1 is 0.962 bits per heavy atom. The Morgan fingerprint density at radius 2 is 1.62 bits per heavy atom. The van der Waals surface area contributed by atoms with Gasteiger partial charge in [-0.2, -0.15) is 0 Å². The average molecular weight is 358 g/mol. The topological polar surface area (TPSA) is 45.2 Å². The molecule has 142 valence electrons. The van der Waals surface area contributed by atoms with Gasteiger partial charge in [-0.15, -0.1) is 0 Å². The first kappa shape index (κ1) is 17.7. The van der Waals surface area contributed by atoms with Crippen molar-refractivity contribution in [2.75, 3.05) is 46.9 Å². The summed E-state index contributed by atoms with van der Waals surface area (Å²) in [5.74, 6) is 3.61. The van der Waals surface area contributed by atoms with Crippen LogP contribution in [0.15, 0.2) is 24.3 Å². The first-order valence-electron chi connectivity index (χ1n) is 9.73. The maximum absolute atomic E-state index is 10.1. The number of nitrogens with zero attached hydrogens (tertiary/aromatic N) is 2. The molecule has 0 amide bonds. The number of ether oxygens (including phenoxy) is 2. The van der Waals surface area contributed by atoms with Crippen LogP contribution >= 0.6 is 0 Å². The Balaban J connectivity index is 1.30. The highest BCUT2D eigenvalue weighted by Gasteiger charge is 2.36. The van der Waals surface area contributed by atoms with Crippen molar-refractivity contribution in [2.24, 2.45) is 17.8 Å². The van der Waals surface area contributed by atoms with E-state index in [-0.39, 0.29) is 5.75 Å². The second-order valence-corrected chi connectivity index (χ2v) is 7.97. The summed E-state index contributed by atoms with van der Waals surface area (Å²) in [4.78, 5) is 5.12. The molecule has 2 aliphatic carbocycles. The fourth-order valence-electron chi connectivity index (χ4n) is 4.86. The highest BCUT2D eigenvalue weighted by atomic mass is 16.5. The average Bonchev–Trinajstić information content (AvgIpc) is 3.27. The van der Waals surface area contributed by atoms with Crippen molar-refractivity contribution in [3.63, 3.8) is 0 Å². The van der Waals surface area contributed by atoms with E-state index in [0.717, 1.165) is 56.0 Å². The molecule has 3 atom stereocenters. The van der Waals surface area contributed by atoms with Gasteiger partial charge in [-0.25, -0.2) is 0 Å². The molecule has 2 bridgehead atoms. The van der Waals surface area contributed by atoms with Crippen LogP contribution in [0.25, 0.3) is 0 Å². The minimum atomic E-state index is 0.0727. The van der Waals surface area contributed by atoms with E-state index in [1.54, 1.807) is 14.2 Å². The molecule has 0 aromatic heterocycles. The number of phenolic OH excluding ortho intramolecular Hbond substituents is 1. The van der Waals surface area contributed by atoms with Gasteiger partial charge in [0, 0.05) is 39.3 Å². The van der Waals surface area contributed by atoms with Crippen molar-refractivity contribution in [1.29, 1.82) is 0 Å². The summed E-state index contributed by atoms with van der Waals surface area (Å²) >= 11 is 0. The summed E-state index contributed by atoms with van der Waals surface area (Å²) in [5, 5.41) is 10.1. The minimum Gasteiger partial charge on any atom is -0.502 e. The van der Waals surface area contributed by atoms with Gasteiger partial charge in [0.25, 0.3) is 0 Å². The molecule has 5 heteroatoms. The number of benzene rings is 1. The molecule has 2 fully saturated rings. The Morgan fingerprint density at radius 3 is 2.15 bits per heavy atom. The molecule has 4 rings (SSSR count). The number of rotatable bonds is 6. The van der Waals surface area contributed by atoms with Gasteiger partial charge in [-0.3, -0.25) is 4.90 Å². The van der Waals surface area contributed by atoms with Crippen LogP contribution in [0.4, 0.5) is 0 Å². The van der Waals surface area contributed by atoms with Crippen molar-refractivity contribution < 1.29 is 14.6 Å². The molecule has 0 radical (unpaired) electrons. The third kappa shape index (κ3) is 3.55. The van der Waals surface area contributed by atoms with Crippen molar-refractivity contribution in [3.05, 3.63) is 29.8 Å². The predicted molar refractivity (Wildman–Crippen MR) is 102 cm³/mol. The Bertz CT molecular complexity index is 642. The predicted octanol–water partition coefficient (Wildman–Crippen LogP) is 2.74. The molecule has 1 aromatic carbocycles. The fraction of sp³-hybridized carbons (Fsp3) is 0.619. The molecule has 1 aliphatic heterocycles. The number of allylic oxidation sites excluding steroid dienone is 2. The summed E-state index contributed by atoms with van der Waals surface area (Å²) in [7, 11) is 3.14. The maximum Gasteiger partial charge on any atom is 0.200 e. The molecule has 3 unspecified atom stereocenters. The number of fused-ring (bicyclic) bond motifs is 2. The van der Waals surface area contributed by atoms with E-state index < -0.39 is 0 Å². The molecule has 0 spiro atoms. The number of methoxy groups -OCH3 is 2. The lowest BCUT2D eigenvalue weighted by Crippen LogP contribution is -2.47. The quantitative estimate of drug-likeness (QED) is 0.792. The third-order valence-electron chi connectivity index (χ3n) is 6.32. The summed E-state index contributed by atoms with van der Waals surface area (Å²) < 4.78 is 10.5. The van der Waals surface area contributed by atoms with Gasteiger partial charge in [0.15, 0.2) is 11.5 Å². The zero-order valence-corrected chi connectivity index (χ0v) is 15.9. The van der Waals surface area contributed by atoms with E-state index in [9.17, 15) is 5.11 Å². The van der Waals surface area contributed by atoms with Gasteiger partial charge >= 0.3 is 0 Å².